The average Bonchev–Trinajstić information content (AvgIpc) is 3.52. The quantitative estimate of drug-likeness (QED) is 0.222. The van der Waals surface area contributed by atoms with Crippen molar-refractivity contribution in [3.05, 3.63) is 113 Å². The first-order valence-corrected chi connectivity index (χ1v) is 14.2. The number of hydrogen-bond donors (Lipinski definition) is 1. The van der Waals surface area contributed by atoms with Crippen LogP contribution in [-0.2, 0) is 13.2 Å². The fraction of sp³-hybridized carbons (Fsp3) is 0.242. The molecule has 2 heterocycles. The van der Waals surface area contributed by atoms with Gasteiger partial charge in [0.15, 0.2) is 0 Å². The molecule has 0 bridgehead atoms. The van der Waals surface area contributed by atoms with Crippen LogP contribution in [0.4, 0.5) is 0 Å². The molecule has 6 rings (SSSR count). The molecule has 1 fully saturated rings. The van der Waals surface area contributed by atoms with Crippen LogP contribution in [0.25, 0.3) is 21.5 Å². The number of nitrogens with zero attached hydrogens (tertiary/aromatic N) is 1. The summed E-state index contributed by atoms with van der Waals surface area (Å²) in [6, 6.07) is 30.9. The minimum Gasteiger partial charge on any atom is -0.489 e. The maximum absolute atomic E-state index is 12.0. The molecule has 0 spiro atoms. The number of thiophene rings is 1. The summed E-state index contributed by atoms with van der Waals surface area (Å²) in [5.41, 5.74) is 7.05. The number of carboxylic acids is 1. The van der Waals surface area contributed by atoms with Crippen molar-refractivity contribution in [1.29, 1.82) is 0 Å². The highest BCUT2D eigenvalue weighted by atomic mass is 32.1. The Morgan fingerprint density at radius 2 is 1.53 bits per heavy atom. The molecule has 1 saturated carbocycles. The molecule has 5 aromatic rings. The monoisotopic (exact) mass is 521 g/mol. The molecule has 1 N–H and O–H groups in total. The van der Waals surface area contributed by atoms with Crippen molar-refractivity contribution < 1.29 is 14.6 Å². The van der Waals surface area contributed by atoms with Crippen LogP contribution in [0.1, 0.15) is 64.4 Å². The molecular weight excluding hydrogens is 490 g/mol. The maximum atomic E-state index is 12.0. The first kappa shape index (κ1) is 24.5. The third kappa shape index (κ3) is 4.99. The van der Waals surface area contributed by atoms with E-state index >= 15 is 0 Å². The average molecular weight is 522 g/mol. The van der Waals surface area contributed by atoms with Gasteiger partial charge in [0.25, 0.3) is 0 Å². The summed E-state index contributed by atoms with van der Waals surface area (Å²) in [6.07, 6.45) is 6.02. The number of ether oxygens (including phenoxy) is 1. The summed E-state index contributed by atoms with van der Waals surface area (Å²) in [7, 11) is 0. The lowest BCUT2D eigenvalue weighted by Gasteiger charge is -2.24. The molecular formula is C33H31NO3S. The Hall–Kier alpha value is -3.83. The molecule has 0 atom stereocenters. The number of carboxylic acid groups (broad SMARTS) is 1. The first-order valence-electron chi connectivity index (χ1n) is 13.4. The molecule has 4 nitrogen and oxygen atoms in total. The second-order valence-corrected chi connectivity index (χ2v) is 11.1. The molecule has 1 aliphatic rings. The van der Waals surface area contributed by atoms with E-state index in [1.54, 1.807) is 0 Å². The van der Waals surface area contributed by atoms with Crippen LogP contribution in [-0.4, -0.2) is 15.6 Å². The Kier molecular flexibility index (Phi) is 7.02. The largest absolute Gasteiger partial charge is 0.489 e. The predicted molar refractivity (Wildman–Crippen MR) is 154 cm³/mol. The van der Waals surface area contributed by atoms with Gasteiger partial charge in [-0.15, -0.1) is 11.3 Å². The van der Waals surface area contributed by atoms with Gasteiger partial charge in [-0.05, 0) is 71.3 Å². The number of rotatable bonds is 8. The third-order valence-electron chi connectivity index (χ3n) is 7.56. The summed E-state index contributed by atoms with van der Waals surface area (Å²) < 4.78 is 9.55. The lowest BCUT2D eigenvalue weighted by molar-refractivity contribution is 0.0702. The van der Waals surface area contributed by atoms with Gasteiger partial charge in [-0.1, -0.05) is 79.9 Å². The van der Waals surface area contributed by atoms with E-state index in [1.165, 1.54) is 47.4 Å². The molecule has 0 radical (unpaired) electrons. The van der Waals surface area contributed by atoms with Crippen molar-refractivity contribution in [2.45, 2.75) is 51.2 Å². The minimum atomic E-state index is -0.853. The van der Waals surface area contributed by atoms with E-state index in [1.807, 2.05) is 30.3 Å². The summed E-state index contributed by atoms with van der Waals surface area (Å²) in [5.74, 6) is 0.425. The van der Waals surface area contributed by atoms with Gasteiger partial charge in [0.1, 0.15) is 17.2 Å². The van der Waals surface area contributed by atoms with Crippen LogP contribution < -0.4 is 4.74 Å². The minimum absolute atomic E-state index is 0.407. The number of benzene rings is 3. The predicted octanol–water partition coefficient (Wildman–Crippen LogP) is 8.74. The van der Waals surface area contributed by atoms with Crippen molar-refractivity contribution in [3.8, 4) is 17.0 Å². The zero-order valence-electron chi connectivity index (χ0n) is 21.3. The van der Waals surface area contributed by atoms with E-state index in [-0.39, 0.29) is 0 Å². The van der Waals surface area contributed by atoms with Crippen molar-refractivity contribution >= 4 is 27.5 Å². The number of aromatic nitrogens is 1. The lowest BCUT2D eigenvalue weighted by Crippen LogP contribution is -2.08. The zero-order chi connectivity index (χ0) is 25.9. The summed E-state index contributed by atoms with van der Waals surface area (Å²) >= 11 is 1.43. The van der Waals surface area contributed by atoms with Crippen molar-refractivity contribution in [3.63, 3.8) is 0 Å². The van der Waals surface area contributed by atoms with E-state index in [9.17, 15) is 9.90 Å². The Morgan fingerprint density at radius 1 is 0.868 bits per heavy atom. The van der Waals surface area contributed by atoms with E-state index in [2.05, 4.69) is 65.2 Å². The second-order valence-electron chi connectivity index (χ2n) is 10.1. The highest BCUT2D eigenvalue weighted by Crippen LogP contribution is 2.47. The van der Waals surface area contributed by atoms with Gasteiger partial charge in [0.2, 0.25) is 0 Å². The van der Waals surface area contributed by atoms with Gasteiger partial charge in [-0.3, -0.25) is 0 Å². The maximum Gasteiger partial charge on any atom is 0.345 e. The van der Waals surface area contributed by atoms with Gasteiger partial charge in [-0.2, -0.15) is 0 Å². The first-order chi connectivity index (χ1) is 18.7. The highest BCUT2D eigenvalue weighted by Gasteiger charge is 2.29. The molecule has 0 unspecified atom stereocenters. The van der Waals surface area contributed by atoms with Gasteiger partial charge >= 0.3 is 5.97 Å². The Balaban J connectivity index is 1.45. The smallest absolute Gasteiger partial charge is 0.345 e. The molecule has 192 valence electrons. The van der Waals surface area contributed by atoms with E-state index in [0.717, 1.165) is 39.9 Å². The Morgan fingerprint density at radius 3 is 2.18 bits per heavy atom. The molecule has 5 heteroatoms. The van der Waals surface area contributed by atoms with Gasteiger partial charge in [0, 0.05) is 6.54 Å². The fourth-order valence-corrected chi connectivity index (χ4v) is 6.84. The summed E-state index contributed by atoms with van der Waals surface area (Å²) in [4.78, 5) is 12.4. The lowest BCUT2D eigenvalue weighted by atomic mass is 9.83. The van der Waals surface area contributed by atoms with Crippen LogP contribution in [0, 0.1) is 0 Å². The zero-order valence-corrected chi connectivity index (χ0v) is 22.1. The van der Waals surface area contributed by atoms with Gasteiger partial charge in [-0.25, -0.2) is 4.79 Å². The highest BCUT2D eigenvalue weighted by molar-refractivity contribution is 7.21. The number of hydrogen-bond acceptors (Lipinski definition) is 3. The third-order valence-corrected chi connectivity index (χ3v) is 8.70. The molecule has 0 saturated heterocycles. The normalized spacial score (nSPS) is 14.1. The number of aromatic carboxylic acids is 1. The second kappa shape index (κ2) is 10.9. The SMILES string of the molecule is O=C(O)c1cc2c(s1)c(C1CCCCC1)c(-c1ccc(OCc3ccccc3)cc1)n2Cc1ccccc1. The van der Waals surface area contributed by atoms with Crippen molar-refractivity contribution in [1.82, 2.24) is 4.57 Å². The van der Waals surface area contributed by atoms with Gasteiger partial charge < -0.3 is 14.4 Å². The fourth-order valence-electron chi connectivity index (χ4n) is 5.72. The number of fused-ring (bicyclic) bond motifs is 1. The van der Waals surface area contributed by atoms with Crippen LogP contribution in [0.15, 0.2) is 91.0 Å². The molecule has 2 aromatic heterocycles. The van der Waals surface area contributed by atoms with Crippen LogP contribution in [0.2, 0.25) is 0 Å². The van der Waals surface area contributed by atoms with Crippen LogP contribution in [0.5, 0.6) is 5.75 Å². The molecule has 0 amide bonds. The van der Waals surface area contributed by atoms with E-state index in [4.69, 9.17) is 4.74 Å². The summed E-state index contributed by atoms with van der Waals surface area (Å²) in [6.45, 7) is 1.23. The topological polar surface area (TPSA) is 51.5 Å². The van der Waals surface area contributed by atoms with Crippen LogP contribution >= 0.6 is 11.3 Å². The standard InChI is InChI=1S/C33H31NO3S/c35-33(36)29-20-28-32(38-29)30(25-14-8-3-9-15-25)31(34(28)21-23-10-4-1-5-11-23)26-16-18-27(19-17-26)37-22-24-12-6-2-7-13-24/h1-2,4-7,10-13,16-20,25H,3,8-9,14-15,21-22H2,(H,35,36). The molecule has 38 heavy (non-hydrogen) atoms. The van der Waals surface area contributed by atoms with E-state index < -0.39 is 5.97 Å². The summed E-state index contributed by atoms with van der Waals surface area (Å²) in [5, 5.41) is 9.82. The molecule has 3 aromatic carbocycles. The van der Waals surface area contributed by atoms with Crippen LogP contribution in [0.3, 0.4) is 0 Å². The number of carbonyl (C=O) groups is 1. The molecule has 1 aliphatic carbocycles. The molecule has 0 aliphatic heterocycles. The van der Waals surface area contributed by atoms with Crippen molar-refractivity contribution in [2.75, 3.05) is 0 Å². The van der Waals surface area contributed by atoms with E-state index in [0.29, 0.717) is 23.9 Å². The Labute approximate surface area is 227 Å². The Bertz CT molecular complexity index is 1530. The van der Waals surface area contributed by atoms with Gasteiger partial charge in [0.05, 0.1) is 15.9 Å². The van der Waals surface area contributed by atoms with Crippen molar-refractivity contribution in [2.24, 2.45) is 0 Å².